The third kappa shape index (κ3) is 4.16. The predicted molar refractivity (Wildman–Crippen MR) is 114 cm³/mol. The lowest BCUT2D eigenvalue weighted by molar-refractivity contribution is -0.119. The van der Waals surface area contributed by atoms with E-state index < -0.39 is 23.7 Å². The number of aryl methyl sites for hydroxylation is 1. The van der Waals surface area contributed by atoms with Crippen LogP contribution in [0.2, 0.25) is 0 Å². The van der Waals surface area contributed by atoms with Crippen LogP contribution in [-0.2, 0) is 16.1 Å². The van der Waals surface area contributed by atoms with E-state index in [0.29, 0.717) is 22.8 Å². The van der Waals surface area contributed by atoms with Crippen LogP contribution in [0.3, 0.4) is 0 Å². The van der Waals surface area contributed by atoms with Crippen molar-refractivity contribution in [2.75, 3.05) is 5.01 Å². The SMILES string of the molecule is Cc1nccn1-c1ccc(CNC(=O)C2=NN(c3ccccc3)C(C(N)=O)C2)cc1F. The number of rotatable bonds is 6. The molecule has 1 unspecified atom stereocenters. The quantitative estimate of drug-likeness (QED) is 0.637. The van der Waals surface area contributed by atoms with Crippen molar-refractivity contribution in [2.24, 2.45) is 10.8 Å². The molecule has 31 heavy (non-hydrogen) atoms. The zero-order valence-electron chi connectivity index (χ0n) is 16.8. The zero-order chi connectivity index (χ0) is 22.0. The summed E-state index contributed by atoms with van der Waals surface area (Å²) in [6, 6.07) is 13.0. The van der Waals surface area contributed by atoms with Crippen LogP contribution in [0.4, 0.5) is 10.1 Å². The van der Waals surface area contributed by atoms with Gasteiger partial charge in [0, 0.05) is 25.4 Å². The van der Waals surface area contributed by atoms with E-state index in [-0.39, 0.29) is 18.7 Å². The third-order valence-electron chi connectivity index (χ3n) is 5.07. The maximum Gasteiger partial charge on any atom is 0.267 e. The van der Waals surface area contributed by atoms with Crippen LogP contribution in [-0.4, -0.2) is 33.1 Å². The van der Waals surface area contributed by atoms with Crippen LogP contribution < -0.4 is 16.1 Å². The lowest BCUT2D eigenvalue weighted by atomic mass is 10.1. The van der Waals surface area contributed by atoms with E-state index in [4.69, 9.17) is 5.73 Å². The van der Waals surface area contributed by atoms with Crippen molar-refractivity contribution in [1.82, 2.24) is 14.9 Å². The van der Waals surface area contributed by atoms with Gasteiger partial charge in [-0.3, -0.25) is 14.6 Å². The molecule has 0 saturated carbocycles. The second-order valence-corrected chi connectivity index (χ2v) is 7.16. The Balaban J connectivity index is 1.46. The first kappa shape index (κ1) is 20.3. The minimum Gasteiger partial charge on any atom is -0.368 e. The third-order valence-corrected chi connectivity index (χ3v) is 5.07. The Morgan fingerprint density at radius 2 is 2.00 bits per heavy atom. The Kier molecular flexibility index (Phi) is 5.48. The standard InChI is InChI=1S/C22H21FN6O2/c1-14-25-9-10-28(14)19-8-7-15(11-17(19)23)13-26-22(31)18-12-20(21(24)30)29(27-18)16-5-3-2-4-6-16/h2-11,20H,12-13H2,1H3,(H2,24,30)(H,26,31). The largest absolute Gasteiger partial charge is 0.368 e. The van der Waals surface area contributed by atoms with Gasteiger partial charge in [0.2, 0.25) is 5.91 Å². The second kappa shape index (κ2) is 8.39. The molecule has 2 heterocycles. The van der Waals surface area contributed by atoms with Crippen LogP contribution >= 0.6 is 0 Å². The Bertz CT molecular complexity index is 1160. The monoisotopic (exact) mass is 420 g/mol. The normalized spacial score (nSPS) is 15.6. The van der Waals surface area contributed by atoms with Crippen LogP contribution in [0.1, 0.15) is 17.8 Å². The number of carbonyl (C=O) groups excluding carboxylic acids is 2. The number of carbonyl (C=O) groups is 2. The van der Waals surface area contributed by atoms with E-state index in [9.17, 15) is 14.0 Å². The summed E-state index contributed by atoms with van der Waals surface area (Å²) in [5.74, 6) is -0.747. The highest BCUT2D eigenvalue weighted by atomic mass is 19.1. The van der Waals surface area contributed by atoms with Crippen molar-refractivity contribution < 1.29 is 14.0 Å². The highest BCUT2D eigenvalue weighted by Crippen LogP contribution is 2.24. The summed E-state index contributed by atoms with van der Waals surface area (Å²) in [5, 5.41) is 8.49. The van der Waals surface area contributed by atoms with Crippen LogP contribution in [0.25, 0.3) is 5.69 Å². The first-order valence-electron chi connectivity index (χ1n) is 9.72. The molecule has 0 radical (unpaired) electrons. The summed E-state index contributed by atoms with van der Waals surface area (Å²) < 4.78 is 16.2. The molecule has 0 aliphatic carbocycles. The maximum absolute atomic E-state index is 14.6. The summed E-state index contributed by atoms with van der Waals surface area (Å²) in [7, 11) is 0. The number of halogens is 1. The molecule has 0 spiro atoms. The molecule has 0 saturated heterocycles. The van der Waals surface area contributed by atoms with Gasteiger partial charge in [0.1, 0.15) is 23.4 Å². The predicted octanol–water partition coefficient (Wildman–Crippen LogP) is 2.06. The van der Waals surface area contributed by atoms with Crippen molar-refractivity contribution in [3.8, 4) is 5.69 Å². The van der Waals surface area contributed by atoms with E-state index >= 15 is 0 Å². The topological polar surface area (TPSA) is 106 Å². The summed E-state index contributed by atoms with van der Waals surface area (Å²) in [5.41, 5.74) is 7.34. The van der Waals surface area contributed by atoms with Gasteiger partial charge in [-0.05, 0) is 36.8 Å². The minimum atomic E-state index is -0.738. The van der Waals surface area contributed by atoms with Gasteiger partial charge in [-0.1, -0.05) is 24.3 Å². The number of imidazole rings is 1. The summed E-state index contributed by atoms with van der Waals surface area (Å²) in [6.45, 7) is 1.90. The fraction of sp³-hybridized carbons (Fsp3) is 0.182. The molecule has 3 aromatic rings. The van der Waals surface area contributed by atoms with Gasteiger partial charge in [0.25, 0.3) is 5.91 Å². The number of primary amides is 1. The number of benzene rings is 2. The van der Waals surface area contributed by atoms with Gasteiger partial charge >= 0.3 is 0 Å². The fourth-order valence-corrected chi connectivity index (χ4v) is 3.46. The average molecular weight is 420 g/mol. The summed E-state index contributed by atoms with van der Waals surface area (Å²) >= 11 is 0. The van der Waals surface area contributed by atoms with Crippen LogP contribution in [0.15, 0.2) is 66.0 Å². The molecular formula is C22H21FN6O2. The van der Waals surface area contributed by atoms with Gasteiger partial charge < -0.3 is 15.6 Å². The highest BCUT2D eigenvalue weighted by Gasteiger charge is 2.34. The van der Waals surface area contributed by atoms with Gasteiger partial charge in [-0.15, -0.1) is 0 Å². The molecule has 2 aromatic carbocycles. The zero-order valence-corrected chi connectivity index (χ0v) is 16.8. The first-order chi connectivity index (χ1) is 14.9. The number of nitrogens with two attached hydrogens (primary N) is 1. The van der Waals surface area contributed by atoms with Crippen molar-refractivity contribution in [1.29, 1.82) is 0 Å². The average Bonchev–Trinajstić information content (AvgIpc) is 3.40. The minimum absolute atomic E-state index is 0.100. The van der Waals surface area contributed by atoms with Crippen molar-refractivity contribution >= 4 is 23.2 Å². The smallest absolute Gasteiger partial charge is 0.267 e. The summed E-state index contributed by atoms with van der Waals surface area (Å²) in [6.07, 6.45) is 3.38. The molecule has 4 rings (SSSR count). The Morgan fingerprint density at radius 3 is 2.65 bits per heavy atom. The molecule has 9 heteroatoms. The molecule has 1 aromatic heterocycles. The summed E-state index contributed by atoms with van der Waals surface area (Å²) in [4.78, 5) is 28.6. The van der Waals surface area contributed by atoms with E-state index in [1.54, 1.807) is 48.1 Å². The highest BCUT2D eigenvalue weighted by molar-refractivity contribution is 6.40. The molecule has 3 N–H and O–H groups in total. The Labute approximate surface area is 178 Å². The van der Waals surface area contributed by atoms with Crippen LogP contribution in [0, 0.1) is 12.7 Å². The van der Waals surface area contributed by atoms with Crippen molar-refractivity contribution in [3.05, 3.63) is 78.1 Å². The molecule has 2 amide bonds. The molecule has 158 valence electrons. The van der Waals surface area contributed by atoms with E-state index in [2.05, 4.69) is 15.4 Å². The number of nitrogens with zero attached hydrogens (tertiary/aromatic N) is 4. The molecule has 0 bridgehead atoms. The van der Waals surface area contributed by atoms with Gasteiger partial charge in [0.15, 0.2) is 0 Å². The van der Waals surface area contributed by atoms with Crippen molar-refractivity contribution in [3.63, 3.8) is 0 Å². The Hall–Kier alpha value is -4.01. The number of amides is 2. The van der Waals surface area contributed by atoms with Crippen molar-refractivity contribution in [2.45, 2.75) is 25.9 Å². The number of anilines is 1. The fourth-order valence-electron chi connectivity index (χ4n) is 3.46. The first-order valence-corrected chi connectivity index (χ1v) is 9.72. The van der Waals surface area contributed by atoms with Gasteiger partial charge in [-0.2, -0.15) is 5.10 Å². The second-order valence-electron chi connectivity index (χ2n) is 7.16. The number of para-hydroxylation sites is 1. The number of aromatic nitrogens is 2. The maximum atomic E-state index is 14.6. The van der Waals surface area contributed by atoms with Crippen LogP contribution in [0.5, 0.6) is 0 Å². The lowest BCUT2D eigenvalue weighted by Gasteiger charge is -2.20. The van der Waals surface area contributed by atoms with E-state index in [1.807, 2.05) is 18.2 Å². The number of nitrogens with one attached hydrogen (secondary N) is 1. The molecule has 0 fully saturated rings. The lowest BCUT2D eigenvalue weighted by Crippen LogP contribution is -2.39. The number of hydrazone groups is 1. The van der Waals surface area contributed by atoms with Gasteiger partial charge in [-0.25, -0.2) is 9.37 Å². The number of hydrogen-bond acceptors (Lipinski definition) is 5. The molecule has 1 atom stereocenters. The molecule has 1 aliphatic rings. The van der Waals surface area contributed by atoms with Gasteiger partial charge in [0.05, 0.1) is 11.4 Å². The van der Waals surface area contributed by atoms with E-state index in [1.165, 1.54) is 11.1 Å². The van der Waals surface area contributed by atoms with E-state index in [0.717, 1.165) is 0 Å². The molecular weight excluding hydrogens is 399 g/mol. The molecule has 8 nitrogen and oxygen atoms in total. The number of hydrogen-bond donors (Lipinski definition) is 2. The Morgan fingerprint density at radius 1 is 1.23 bits per heavy atom. The molecule has 1 aliphatic heterocycles.